The molecule has 3 aromatic rings. The third kappa shape index (κ3) is 2.68. The number of fused-ring (bicyclic) bond motifs is 1. The van der Waals surface area contributed by atoms with Crippen LogP contribution in [0, 0.1) is 5.82 Å². The van der Waals surface area contributed by atoms with Crippen molar-refractivity contribution >= 4 is 26.8 Å². The summed E-state index contributed by atoms with van der Waals surface area (Å²) in [4.78, 5) is 21.1. The third-order valence-corrected chi connectivity index (χ3v) is 6.49. The average Bonchev–Trinajstić information content (AvgIpc) is 3.01. The number of amides is 1. The molecule has 128 valence electrons. The molecule has 8 heteroatoms. The molecule has 0 radical (unpaired) electrons. The lowest BCUT2D eigenvalue weighted by Crippen LogP contribution is -2.56. The number of nitrogens with one attached hydrogen (secondary N) is 1. The molecule has 1 saturated heterocycles. The lowest BCUT2D eigenvalue weighted by atomic mass is 10.1. The number of carbonyl (C=O) groups excluding carboxylic acids is 1. The maximum Gasteiger partial charge on any atom is 0.254 e. The number of likely N-dealkylation sites (tertiary alicyclic amines) is 1. The van der Waals surface area contributed by atoms with Crippen LogP contribution in [0.25, 0.3) is 11.0 Å². The van der Waals surface area contributed by atoms with Gasteiger partial charge >= 0.3 is 0 Å². The minimum Gasteiger partial charge on any atom is -0.345 e. The Hall–Kier alpha value is -2.74. The molecule has 4 rings (SSSR count). The molecule has 0 atom stereocenters. The van der Waals surface area contributed by atoms with E-state index in [-0.39, 0.29) is 23.9 Å². The van der Waals surface area contributed by atoms with E-state index >= 15 is 0 Å². The number of aromatic nitrogens is 2. The lowest BCUT2D eigenvalue weighted by Gasteiger charge is -2.38. The van der Waals surface area contributed by atoms with Crippen molar-refractivity contribution in [2.75, 3.05) is 13.1 Å². The zero-order valence-electron chi connectivity index (χ0n) is 13.0. The fourth-order valence-corrected chi connectivity index (χ4v) is 4.52. The molecule has 1 aromatic heterocycles. The summed E-state index contributed by atoms with van der Waals surface area (Å²) in [6.07, 6.45) is 1.55. The number of nitrogens with zero attached hydrogens (tertiary/aromatic N) is 2. The molecule has 25 heavy (non-hydrogen) atoms. The maximum atomic E-state index is 13.0. The van der Waals surface area contributed by atoms with Gasteiger partial charge in [-0.1, -0.05) is 0 Å². The van der Waals surface area contributed by atoms with Gasteiger partial charge in [-0.05, 0) is 42.5 Å². The molecule has 2 heterocycles. The van der Waals surface area contributed by atoms with Crippen LogP contribution in [0.1, 0.15) is 10.4 Å². The van der Waals surface area contributed by atoms with Gasteiger partial charge in [-0.15, -0.1) is 0 Å². The van der Waals surface area contributed by atoms with Crippen molar-refractivity contribution in [3.8, 4) is 0 Å². The Balaban J connectivity index is 1.49. The van der Waals surface area contributed by atoms with Gasteiger partial charge in [0.25, 0.3) is 5.91 Å². The summed E-state index contributed by atoms with van der Waals surface area (Å²) < 4.78 is 38.0. The smallest absolute Gasteiger partial charge is 0.254 e. The predicted molar refractivity (Wildman–Crippen MR) is 89.4 cm³/mol. The average molecular weight is 359 g/mol. The van der Waals surface area contributed by atoms with E-state index in [2.05, 4.69) is 9.97 Å². The number of imidazole rings is 1. The number of H-pyrrole nitrogens is 1. The van der Waals surface area contributed by atoms with E-state index in [0.29, 0.717) is 5.56 Å². The number of hydrogen-bond acceptors (Lipinski definition) is 4. The minimum absolute atomic E-state index is 0.0740. The van der Waals surface area contributed by atoms with Gasteiger partial charge in [0.1, 0.15) is 11.1 Å². The van der Waals surface area contributed by atoms with Crippen LogP contribution in [-0.2, 0) is 9.84 Å². The first-order valence-electron chi connectivity index (χ1n) is 7.67. The van der Waals surface area contributed by atoms with E-state index in [0.717, 1.165) is 23.2 Å². The second-order valence-electron chi connectivity index (χ2n) is 5.97. The summed E-state index contributed by atoms with van der Waals surface area (Å²) in [5.41, 5.74) is 1.99. The van der Waals surface area contributed by atoms with Crippen molar-refractivity contribution in [1.82, 2.24) is 14.9 Å². The largest absolute Gasteiger partial charge is 0.345 e. The van der Waals surface area contributed by atoms with Gasteiger partial charge < -0.3 is 9.88 Å². The molecule has 1 aliphatic heterocycles. The molecule has 0 spiro atoms. The van der Waals surface area contributed by atoms with Crippen molar-refractivity contribution in [3.05, 3.63) is 60.2 Å². The highest BCUT2D eigenvalue weighted by Crippen LogP contribution is 2.25. The molecule has 0 saturated carbocycles. The predicted octanol–water partition coefficient (Wildman–Crippen LogP) is 2.00. The third-order valence-electron chi connectivity index (χ3n) is 4.38. The highest BCUT2D eigenvalue weighted by molar-refractivity contribution is 7.92. The first-order chi connectivity index (χ1) is 11.9. The normalized spacial score (nSPS) is 15.3. The summed E-state index contributed by atoms with van der Waals surface area (Å²) in [6.45, 7) is 0.249. The number of sulfone groups is 1. The SMILES string of the molecule is O=C(c1ccc2nc[nH]c2c1)N1CC(S(=O)(=O)c2ccc(F)cc2)C1. The summed E-state index contributed by atoms with van der Waals surface area (Å²) in [6, 6.07) is 9.86. The van der Waals surface area contributed by atoms with Crippen LogP contribution in [0.15, 0.2) is 53.7 Å². The quantitative estimate of drug-likeness (QED) is 0.725. The topological polar surface area (TPSA) is 83.1 Å². The number of hydrogen-bond donors (Lipinski definition) is 1. The second-order valence-corrected chi connectivity index (χ2v) is 8.19. The van der Waals surface area contributed by atoms with Crippen LogP contribution in [0.2, 0.25) is 0 Å². The number of rotatable bonds is 3. The highest BCUT2D eigenvalue weighted by Gasteiger charge is 2.40. The fraction of sp³-hybridized carbons (Fsp3) is 0.176. The van der Waals surface area contributed by atoms with Crippen molar-refractivity contribution in [3.63, 3.8) is 0 Å². The zero-order valence-corrected chi connectivity index (χ0v) is 13.8. The van der Waals surface area contributed by atoms with Gasteiger partial charge in [0.2, 0.25) is 0 Å². The highest BCUT2D eigenvalue weighted by atomic mass is 32.2. The maximum absolute atomic E-state index is 13.0. The Morgan fingerprint density at radius 2 is 1.88 bits per heavy atom. The molecule has 0 aliphatic carbocycles. The zero-order chi connectivity index (χ0) is 17.6. The van der Waals surface area contributed by atoms with Crippen LogP contribution in [0.3, 0.4) is 0 Å². The first-order valence-corrected chi connectivity index (χ1v) is 9.22. The van der Waals surface area contributed by atoms with E-state index in [1.807, 2.05) is 0 Å². The van der Waals surface area contributed by atoms with Gasteiger partial charge in [0, 0.05) is 18.7 Å². The van der Waals surface area contributed by atoms with E-state index in [9.17, 15) is 17.6 Å². The number of halogens is 1. The summed E-state index contributed by atoms with van der Waals surface area (Å²) in [7, 11) is -3.57. The van der Waals surface area contributed by atoms with Crippen molar-refractivity contribution < 1.29 is 17.6 Å². The van der Waals surface area contributed by atoms with Crippen LogP contribution in [0.5, 0.6) is 0 Å². The van der Waals surface area contributed by atoms with Crippen LogP contribution in [-0.4, -0.2) is 47.5 Å². The van der Waals surface area contributed by atoms with E-state index < -0.39 is 20.9 Å². The lowest BCUT2D eigenvalue weighted by molar-refractivity contribution is 0.0659. The molecule has 1 fully saturated rings. The summed E-state index contributed by atoms with van der Waals surface area (Å²) in [5.74, 6) is -0.708. The molecule has 1 amide bonds. The van der Waals surface area contributed by atoms with Crippen molar-refractivity contribution in [2.45, 2.75) is 10.1 Å². The number of benzene rings is 2. The Bertz CT molecular complexity index is 1050. The first kappa shape index (κ1) is 15.8. The van der Waals surface area contributed by atoms with Gasteiger partial charge in [-0.2, -0.15) is 0 Å². The van der Waals surface area contributed by atoms with E-state index in [4.69, 9.17) is 0 Å². The van der Waals surface area contributed by atoms with E-state index in [1.165, 1.54) is 17.0 Å². The molecular weight excluding hydrogens is 345 g/mol. The number of carbonyl (C=O) groups is 1. The second kappa shape index (κ2) is 5.66. The molecule has 1 N–H and O–H groups in total. The van der Waals surface area contributed by atoms with Gasteiger partial charge in [-0.25, -0.2) is 17.8 Å². The van der Waals surface area contributed by atoms with Crippen LogP contribution in [0.4, 0.5) is 4.39 Å². The van der Waals surface area contributed by atoms with Gasteiger partial charge in [-0.3, -0.25) is 4.79 Å². The molecule has 1 aliphatic rings. The monoisotopic (exact) mass is 359 g/mol. The Kier molecular flexibility index (Phi) is 3.57. The van der Waals surface area contributed by atoms with Crippen molar-refractivity contribution in [2.24, 2.45) is 0 Å². The van der Waals surface area contributed by atoms with Gasteiger partial charge in [0.05, 0.1) is 22.3 Å². The summed E-state index contributed by atoms with van der Waals surface area (Å²) >= 11 is 0. The fourth-order valence-electron chi connectivity index (χ4n) is 2.87. The number of aromatic amines is 1. The van der Waals surface area contributed by atoms with E-state index in [1.54, 1.807) is 24.5 Å². The Morgan fingerprint density at radius 3 is 2.60 bits per heavy atom. The van der Waals surface area contributed by atoms with Gasteiger partial charge in [0.15, 0.2) is 9.84 Å². The molecular formula is C17H14FN3O3S. The van der Waals surface area contributed by atoms with Crippen molar-refractivity contribution in [1.29, 1.82) is 0 Å². The van der Waals surface area contributed by atoms with Crippen LogP contribution < -0.4 is 0 Å². The molecule has 0 unspecified atom stereocenters. The minimum atomic E-state index is -3.57. The van der Waals surface area contributed by atoms with Crippen LogP contribution >= 0.6 is 0 Å². The molecule has 6 nitrogen and oxygen atoms in total. The Labute approximate surface area is 143 Å². The molecule has 0 bridgehead atoms. The standard InChI is InChI=1S/C17H14FN3O3S/c18-12-2-4-13(5-3-12)25(23,24)14-8-21(9-14)17(22)11-1-6-15-16(7-11)20-10-19-15/h1-7,10,14H,8-9H2,(H,19,20). The summed E-state index contributed by atoms with van der Waals surface area (Å²) in [5, 5.41) is -0.669. The Morgan fingerprint density at radius 1 is 1.16 bits per heavy atom. The molecule has 2 aromatic carbocycles.